The summed E-state index contributed by atoms with van der Waals surface area (Å²) in [4.78, 5) is 0. The lowest BCUT2D eigenvalue weighted by molar-refractivity contribution is 0.712. The molecule has 0 N–H and O–H groups in total. The Labute approximate surface area is 139 Å². The van der Waals surface area contributed by atoms with Crippen molar-refractivity contribution in [1.29, 1.82) is 0 Å². The van der Waals surface area contributed by atoms with Crippen molar-refractivity contribution in [2.24, 2.45) is 0 Å². The molecule has 0 bridgehead atoms. The standard InChI is InChI=1S/C14H8BrCl3N2/c15-8-4-5-9-13(6-8)20(19-14(9)18)7-10-11(16)2-1-3-12(10)17/h1-6H,7H2. The number of hydrogen-bond donors (Lipinski definition) is 0. The molecule has 0 saturated heterocycles. The molecule has 0 radical (unpaired) electrons. The van der Waals surface area contributed by atoms with E-state index in [1.807, 2.05) is 36.4 Å². The van der Waals surface area contributed by atoms with Gasteiger partial charge in [-0.1, -0.05) is 56.8 Å². The second-order valence-corrected chi connectivity index (χ2v) is 6.40. The van der Waals surface area contributed by atoms with Gasteiger partial charge in [-0.25, -0.2) is 0 Å². The van der Waals surface area contributed by atoms with Gasteiger partial charge in [0.1, 0.15) is 0 Å². The Morgan fingerprint density at radius 3 is 2.45 bits per heavy atom. The Hall–Kier alpha value is -0.740. The minimum Gasteiger partial charge on any atom is -0.259 e. The van der Waals surface area contributed by atoms with Crippen molar-refractivity contribution in [3.63, 3.8) is 0 Å². The van der Waals surface area contributed by atoms with Crippen molar-refractivity contribution in [2.75, 3.05) is 0 Å². The highest BCUT2D eigenvalue weighted by molar-refractivity contribution is 9.10. The summed E-state index contributed by atoms with van der Waals surface area (Å²) >= 11 is 22.0. The minimum absolute atomic E-state index is 0.468. The second kappa shape index (κ2) is 5.57. The zero-order chi connectivity index (χ0) is 14.3. The first-order valence-corrected chi connectivity index (χ1v) is 7.73. The van der Waals surface area contributed by atoms with Crippen LogP contribution in [0.1, 0.15) is 5.56 Å². The lowest BCUT2D eigenvalue weighted by Gasteiger charge is -2.08. The van der Waals surface area contributed by atoms with Crippen molar-refractivity contribution in [2.45, 2.75) is 6.54 Å². The van der Waals surface area contributed by atoms with Gasteiger partial charge in [-0.05, 0) is 30.3 Å². The molecule has 0 fully saturated rings. The number of nitrogens with zero attached hydrogens (tertiary/aromatic N) is 2. The van der Waals surface area contributed by atoms with Gasteiger partial charge in [-0.15, -0.1) is 0 Å². The van der Waals surface area contributed by atoms with E-state index in [1.165, 1.54) is 0 Å². The van der Waals surface area contributed by atoms with Gasteiger partial charge in [0.15, 0.2) is 5.15 Å². The molecule has 2 aromatic carbocycles. The number of rotatable bonds is 2. The van der Waals surface area contributed by atoms with Gasteiger partial charge < -0.3 is 0 Å². The van der Waals surface area contributed by atoms with E-state index in [4.69, 9.17) is 34.8 Å². The van der Waals surface area contributed by atoms with Crippen LogP contribution in [0.5, 0.6) is 0 Å². The van der Waals surface area contributed by atoms with E-state index in [-0.39, 0.29) is 0 Å². The summed E-state index contributed by atoms with van der Waals surface area (Å²) in [5.74, 6) is 0. The van der Waals surface area contributed by atoms with Crippen molar-refractivity contribution in [1.82, 2.24) is 9.78 Å². The maximum absolute atomic E-state index is 6.20. The van der Waals surface area contributed by atoms with Gasteiger partial charge in [-0.3, -0.25) is 4.68 Å². The largest absolute Gasteiger partial charge is 0.259 e. The van der Waals surface area contributed by atoms with Gasteiger partial charge >= 0.3 is 0 Å². The van der Waals surface area contributed by atoms with Crippen molar-refractivity contribution >= 4 is 61.6 Å². The van der Waals surface area contributed by atoms with E-state index in [2.05, 4.69) is 21.0 Å². The van der Waals surface area contributed by atoms with E-state index in [0.29, 0.717) is 21.7 Å². The van der Waals surface area contributed by atoms with Crippen LogP contribution in [0.4, 0.5) is 0 Å². The molecule has 3 rings (SSSR count). The van der Waals surface area contributed by atoms with E-state index in [9.17, 15) is 0 Å². The fourth-order valence-corrected chi connectivity index (χ4v) is 3.18. The first-order chi connectivity index (χ1) is 9.56. The molecule has 1 aromatic heterocycles. The summed E-state index contributed by atoms with van der Waals surface area (Å²) in [7, 11) is 0. The van der Waals surface area contributed by atoms with Crippen LogP contribution in [0.15, 0.2) is 40.9 Å². The quantitative estimate of drug-likeness (QED) is 0.540. The Morgan fingerprint density at radius 2 is 1.75 bits per heavy atom. The Kier molecular flexibility index (Phi) is 3.95. The monoisotopic (exact) mass is 388 g/mol. The Morgan fingerprint density at radius 1 is 1.05 bits per heavy atom. The summed E-state index contributed by atoms with van der Waals surface area (Å²) < 4.78 is 2.77. The van der Waals surface area contributed by atoms with Crippen molar-refractivity contribution < 1.29 is 0 Å². The molecule has 0 atom stereocenters. The fraction of sp³-hybridized carbons (Fsp3) is 0.0714. The predicted octanol–water partition coefficient (Wildman–Crippen LogP) is 5.81. The molecule has 0 unspecified atom stereocenters. The normalized spacial score (nSPS) is 11.2. The molecule has 0 spiro atoms. The smallest absolute Gasteiger partial charge is 0.158 e. The summed E-state index contributed by atoms with van der Waals surface area (Å²) in [6.45, 7) is 0.470. The van der Waals surface area contributed by atoms with E-state index in [1.54, 1.807) is 4.68 Å². The van der Waals surface area contributed by atoms with Crippen LogP contribution in [0.3, 0.4) is 0 Å². The third-order valence-electron chi connectivity index (χ3n) is 3.04. The molecular formula is C14H8BrCl3N2. The molecule has 1 heterocycles. The molecule has 20 heavy (non-hydrogen) atoms. The second-order valence-electron chi connectivity index (χ2n) is 4.31. The van der Waals surface area contributed by atoms with E-state index >= 15 is 0 Å². The molecule has 0 aliphatic heterocycles. The summed E-state index contributed by atoms with van der Waals surface area (Å²) in [6, 6.07) is 11.3. The average Bonchev–Trinajstić information content (AvgIpc) is 2.70. The number of fused-ring (bicyclic) bond motifs is 1. The fourth-order valence-electron chi connectivity index (χ4n) is 2.06. The van der Waals surface area contributed by atoms with Crippen LogP contribution < -0.4 is 0 Å². The van der Waals surface area contributed by atoms with Crippen LogP contribution in [-0.4, -0.2) is 9.78 Å². The maximum atomic E-state index is 6.20. The third-order valence-corrected chi connectivity index (χ3v) is 4.52. The lowest BCUT2D eigenvalue weighted by Crippen LogP contribution is -2.02. The van der Waals surface area contributed by atoms with Gasteiger partial charge in [0.2, 0.25) is 0 Å². The SMILES string of the molecule is Clc1cccc(Cl)c1Cn1nc(Cl)c2ccc(Br)cc21. The molecule has 0 aliphatic carbocycles. The molecule has 0 saturated carbocycles. The number of benzene rings is 2. The molecule has 6 heteroatoms. The molecular weight excluding hydrogens is 382 g/mol. The number of aromatic nitrogens is 2. The van der Waals surface area contributed by atoms with Crippen LogP contribution in [0.25, 0.3) is 10.9 Å². The molecule has 3 aromatic rings. The van der Waals surface area contributed by atoms with Crippen molar-refractivity contribution in [3.8, 4) is 0 Å². The highest BCUT2D eigenvalue weighted by Crippen LogP contribution is 2.29. The highest BCUT2D eigenvalue weighted by atomic mass is 79.9. The molecule has 0 aliphatic rings. The zero-order valence-electron chi connectivity index (χ0n) is 10.1. The summed E-state index contributed by atoms with van der Waals surface area (Å²) in [6.07, 6.45) is 0. The Balaban J connectivity index is 2.14. The average molecular weight is 390 g/mol. The molecule has 2 nitrogen and oxygen atoms in total. The van der Waals surface area contributed by atoms with Gasteiger partial charge in [0, 0.05) is 25.5 Å². The number of halogens is 4. The molecule has 102 valence electrons. The first-order valence-electron chi connectivity index (χ1n) is 5.80. The highest BCUT2D eigenvalue weighted by Gasteiger charge is 2.12. The van der Waals surface area contributed by atoms with Gasteiger partial charge in [-0.2, -0.15) is 5.10 Å². The van der Waals surface area contributed by atoms with Gasteiger partial charge in [0.25, 0.3) is 0 Å². The topological polar surface area (TPSA) is 17.8 Å². The zero-order valence-corrected chi connectivity index (χ0v) is 13.9. The van der Waals surface area contributed by atoms with Crippen LogP contribution >= 0.6 is 50.7 Å². The van der Waals surface area contributed by atoms with Crippen LogP contribution in [-0.2, 0) is 6.54 Å². The number of hydrogen-bond acceptors (Lipinski definition) is 1. The first kappa shape index (κ1) is 14.2. The third kappa shape index (κ3) is 2.56. The minimum atomic E-state index is 0.468. The molecule has 0 amide bonds. The lowest BCUT2D eigenvalue weighted by atomic mass is 10.2. The Bertz CT molecular complexity index is 778. The van der Waals surface area contributed by atoms with E-state index < -0.39 is 0 Å². The van der Waals surface area contributed by atoms with Crippen LogP contribution in [0, 0.1) is 0 Å². The summed E-state index contributed by atoms with van der Waals surface area (Å²) in [5, 5.41) is 6.96. The van der Waals surface area contributed by atoms with Gasteiger partial charge in [0.05, 0.1) is 12.1 Å². The summed E-state index contributed by atoms with van der Waals surface area (Å²) in [5.41, 5.74) is 1.76. The van der Waals surface area contributed by atoms with Crippen LogP contribution in [0.2, 0.25) is 15.2 Å². The van der Waals surface area contributed by atoms with E-state index in [0.717, 1.165) is 20.9 Å². The maximum Gasteiger partial charge on any atom is 0.158 e. The predicted molar refractivity (Wildman–Crippen MR) is 88.0 cm³/mol. The van der Waals surface area contributed by atoms with Crippen molar-refractivity contribution in [3.05, 3.63) is 61.6 Å².